The molecule has 0 radical (unpaired) electrons. The van der Waals surface area contributed by atoms with Crippen molar-refractivity contribution in [1.29, 1.82) is 0 Å². The van der Waals surface area contributed by atoms with Crippen molar-refractivity contribution in [2.24, 2.45) is 0 Å². The minimum Gasteiger partial charge on any atom is -0.370 e. The lowest BCUT2D eigenvalue weighted by atomic mass is 9.99. The number of carbonyl (C=O) groups is 1. The number of hydrogen-bond donors (Lipinski definition) is 1. The van der Waals surface area contributed by atoms with E-state index in [0.29, 0.717) is 25.6 Å². The quantitative estimate of drug-likeness (QED) is 0.660. The summed E-state index contributed by atoms with van der Waals surface area (Å²) in [6.45, 7) is 12.0. The third kappa shape index (κ3) is 4.63. The number of amides is 1. The molecule has 174 valence electrons. The molecular formula is C23H33FN6O2. The Hall–Kier alpha value is -2.52. The van der Waals surface area contributed by atoms with Gasteiger partial charge in [0.15, 0.2) is 5.82 Å². The zero-order valence-corrected chi connectivity index (χ0v) is 19.2. The van der Waals surface area contributed by atoms with Crippen molar-refractivity contribution in [1.82, 2.24) is 25.0 Å². The van der Waals surface area contributed by atoms with Crippen LogP contribution < -0.4 is 10.2 Å². The molecule has 1 atom stereocenters. The average Bonchev–Trinajstić information content (AvgIpc) is 3.24. The van der Waals surface area contributed by atoms with Crippen molar-refractivity contribution in [3.05, 3.63) is 41.7 Å². The standard InChI is InChI=1S/C23H33FN6O2/c1-17(2)21-27-26-20-15-32-16-23(3,30(20)21)22(31)25-9-4-10-28-11-13-29(14-12-28)19-7-5-18(24)6-8-19/h5-8,17H,4,9-16H2,1-3H3,(H,25,31). The molecular weight excluding hydrogens is 411 g/mol. The fraction of sp³-hybridized carbons (Fsp3) is 0.609. The summed E-state index contributed by atoms with van der Waals surface area (Å²) in [5.41, 5.74) is 0.229. The summed E-state index contributed by atoms with van der Waals surface area (Å²) in [6, 6.07) is 6.69. The van der Waals surface area contributed by atoms with E-state index >= 15 is 0 Å². The number of hydrogen-bond acceptors (Lipinski definition) is 6. The van der Waals surface area contributed by atoms with Gasteiger partial charge in [-0.15, -0.1) is 10.2 Å². The van der Waals surface area contributed by atoms with Crippen LogP contribution in [0.3, 0.4) is 0 Å². The van der Waals surface area contributed by atoms with Gasteiger partial charge in [-0.3, -0.25) is 14.3 Å². The maximum Gasteiger partial charge on any atom is 0.248 e. The molecule has 2 aromatic rings. The average molecular weight is 445 g/mol. The number of rotatable bonds is 7. The molecule has 0 saturated carbocycles. The number of benzene rings is 1. The van der Waals surface area contributed by atoms with Crippen molar-refractivity contribution in [2.75, 3.05) is 50.8 Å². The minimum absolute atomic E-state index is 0.0544. The summed E-state index contributed by atoms with van der Waals surface area (Å²) in [6.07, 6.45) is 0.880. The highest BCUT2D eigenvalue weighted by atomic mass is 19.1. The largest absolute Gasteiger partial charge is 0.370 e. The Balaban J connectivity index is 1.24. The van der Waals surface area contributed by atoms with E-state index in [0.717, 1.165) is 50.7 Å². The van der Waals surface area contributed by atoms with Crippen molar-refractivity contribution >= 4 is 11.6 Å². The maximum absolute atomic E-state index is 13.1. The van der Waals surface area contributed by atoms with Crippen molar-refractivity contribution < 1.29 is 13.9 Å². The van der Waals surface area contributed by atoms with Gasteiger partial charge >= 0.3 is 0 Å². The predicted octanol–water partition coefficient (Wildman–Crippen LogP) is 2.11. The zero-order valence-electron chi connectivity index (χ0n) is 19.2. The van der Waals surface area contributed by atoms with Gasteiger partial charge in [0.25, 0.3) is 0 Å². The molecule has 1 N–H and O–H groups in total. The van der Waals surface area contributed by atoms with Gasteiger partial charge < -0.3 is 15.0 Å². The fourth-order valence-corrected chi connectivity index (χ4v) is 4.48. The van der Waals surface area contributed by atoms with Gasteiger partial charge in [-0.05, 0) is 44.2 Å². The number of piperazine rings is 1. The van der Waals surface area contributed by atoms with Gasteiger partial charge in [-0.1, -0.05) is 13.8 Å². The maximum atomic E-state index is 13.1. The van der Waals surface area contributed by atoms with Gasteiger partial charge in [0.2, 0.25) is 5.91 Å². The molecule has 1 unspecified atom stereocenters. The minimum atomic E-state index is -0.836. The molecule has 9 heteroatoms. The second-order valence-electron chi connectivity index (χ2n) is 9.15. The molecule has 0 spiro atoms. The molecule has 1 fully saturated rings. The Morgan fingerprint density at radius 2 is 1.91 bits per heavy atom. The number of nitrogens with zero attached hydrogens (tertiary/aromatic N) is 5. The molecule has 1 aromatic carbocycles. The SMILES string of the molecule is CC(C)c1nnc2n1C(C)(C(=O)NCCCN1CCN(c3ccc(F)cc3)CC1)COC2. The molecule has 4 rings (SSSR count). The van der Waals surface area contributed by atoms with Crippen LogP contribution in [0.15, 0.2) is 24.3 Å². The first-order valence-corrected chi connectivity index (χ1v) is 11.4. The van der Waals surface area contributed by atoms with E-state index in [1.165, 1.54) is 12.1 Å². The van der Waals surface area contributed by atoms with Crippen LogP contribution in [-0.2, 0) is 21.7 Å². The number of anilines is 1. The second-order valence-corrected chi connectivity index (χ2v) is 9.15. The predicted molar refractivity (Wildman–Crippen MR) is 120 cm³/mol. The highest BCUT2D eigenvalue weighted by Gasteiger charge is 2.42. The van der Waals surface area contributed by atoms with E-state index in [1.54, 1.807) is 0 Å². The number of halogens is 1. The number of aromatic nitrogens is 3. The molecule has 1 amide bonds. The molecule has 0 bridgehead atoms. The second kappa shape index (κ2) is 9.54. The first-order chi connectivity index (χ1) is 15.4. The lowest BCUT2D eigenvalue weighted by Crippen LogP contribution is -2.53. The van der Waals surface area contributed by atoms with E-state index in [1.807, 2.05) is 23.6 Å². The van der Waals surface area contributed by atoms with Gasteiger partial charge in [0.05, 0.1) is 6.61 Å². The molecule has 2 aliphatic heterocycles. The van der Waals surface area contributed by atoms with Crippen molar-refractivity contribution in [3.8, 4) is 0 Å². The molecule has 1 aromatic heterocycles. The summed E-state index contributed by atoms with van der Waals surface area (Å²) in [7, 11) is 0. The van der Waals surface area contributed by atoms with E-state index in [2.05, 4.69) is 39.2 Å². The van der Waals surface area contributed by atoms with E-state index in [-0.39, 0.29) is 17.6 Å². The Morgan fingerprint density at radius 1 is 1.19 bits per heavy atom. The number of nitrogens with one attached hydrogen (secondary N) is 1. The first-order valence-electron chi connectivity index (χ1n) is 11.4. The van der Waals surface area contributed by atoms with Crippen LogP contribution in [0.4, 0.5) is 10.1 Å². The van der Waals surface area contributed by atoms with Crippen LogP contribution in [0.2, 0.25) is 0 Å². The topological polar surface area (TPSA) is 75.5 Å². The van der Waals surface area contributed by atoms with Gasteiger partial charge in [-0.2, -0.15) is 0 Å². The Kier molecular flexibility index (Phi) is 6.76. The van der Waals surface area contributed by atoms with Crippen molar-refractivity contribution in [3.63, 3.8) is 0 Å². The van der Waals surface area contributed by atoms with E-state index < -0.39 is 5.54 Å². The molecule has 0 aliphatic carbocycles. The first kappa shape index (κ1) is 22.7. The van der Waals surface area contributed by atoms with Crippen LogP contribution in [0.25, 0.3) is 0 Å². The fourth-order valence-electron chi connectivity index (χ4n) is 4.48. The van der Waals surface area contributed by atoms with Gasteiger partial charge in [0, 0.05) is 44.3 Å². The highest BCUT2D eigenvalue weighted by molar-refractivity contribution is 5.84. The third-order valence-corrected chi connectivity index (χ3v) is 6.37. The normalized spacial score (nSPS) is 21.6. The highest BCUT2D eigenvalue weighted by Crippen LogP contribution is 2.29. The van der Waals surface area contributed by atoms with Crippen molar-refractivity contribution in [2.45, 2.75) is 45.3 Å². The molecule has 3 heterocycles. The van der Waals surface area contributed by atoms with Crippen LogP contribution in [0.5, 0.6) is 0 Å². The summed E-state index contributed by atoms with van der Waals surface area (Å²) < 4.78 is 20.8. The van der Waals surface area contributed by atoms with E-state index in [9.17, 15) is 9.18 Å². The summed E-state index contributed by atoms with van der Waals surface area (Å²) in [5, 5.41) is 11.6. The van der Waals surface area contributed by atoms with Gasteiger partial charge in [-0.25, -0.2) is 4.39 Å². The van der Waals surface area contributed by atoms with Gasteiger partial charge in [0.1, 0.15) is 23.8 Å². The summed E-state index contributed by atoms with van der Waals surface area (Å²) >= 11 is 0. The van der Waals surface area contributed by atoms with Crippen LogP contribution in [0, 0.1) is 5.82 Å². The van der Waals surface area contributed by atoms with E-state index in [4.69, 9.17) is 4.74 Å². The number of fused-ring (bicyclic) bond motifs is 1. The molecule has 8 nitrogen and oxygen atoms in total. The molecule has 2 aliphatic rings. The van der Waals surface area contributed by atoms with Crippen LogP contribution in [0.1, 0.15) is 44.8 Å². The lowest BCUT2D eigenvalue weighted by molar-refractivity contribution is -0.135. The Labute approximate surface area is 188 Å². The zero-order chi connectivity index (χ0) is 22.7. The lowest BCUT2D eigenvalue weighted by Gasteiger charge is -2.36. The Bertz CT molecular complexity index is 923. The number of ether oxygens (including phenoxy) is 1. The third-order valence-electron chi connectivity index (χ3n) is 6.37. The monoisotopic (exact) mass is 444 g/mol. The van der Waals surface area contributed by atoms with Crippen LogP contribution in [-0.4, -0.2) is 71.4 Å². The number of carbonyl (C=O) groups excluding carboxylic acids is 1. The molecule has 32 heavy (non-hydrogen) atoms. The Morgan fingerprint density at radius 3 is 2.59 bits per heavy atom. The summed E-state index contributed by atoms with van der Waals surface area (Å²) in [4.78, 5) is 17.8. The smallest absolute Gasteiger partial charge is 0.248 e. The molecule has 1 saturated heterocycles. The summed E-state index contributed by atoms with van der Waals surface area (Å²) in [5.74, 6) is 1.44. The van der Waals surface area contributed by atoms with Crippen LogP contribution >= 0.6 is 0 Å².